The fraction of sp³-hybridized carbons (Fsp3) is 0.120. The second-order valence-electron chi connectivity index (χ2n) is 7.66. The molecule has 4 aromatic rings. The maximum atomic E-state index is 13.2. The SMILES string of the molecule is CC(Sc1nnc(-c2ccc(Cl)cc2)n1-c1ccccc1)C(=O)c1ccc2c(c1)NC(=O)CO2. The number of carbonyl (C=O) groups is 2. The van der Waals surface area contributed by atoms with Crippen molar-refractivity contribution in [2.45, 2.75) is 17.3 Å². The Labute approximate surface area is 205 Å². The van der Waals surface area contributed by atoms with Crippen molar-refractivity contribution in [1.29, 1.82) is 0 Å². The summed E-state index contributed by atoms with van der Waals surface area (Å²) in [4.78, 5) is 24.9. The molecule has 0 spiro atoms. The number of hydrogen-bond donors (Lipinski definition) is 1. The number of ketones is 1. The molecular formula is C25H19ClN4O3S. The Balaban J connectivity index is 1.46. The number of ether oxygens (including phenoxy) is 1. The number of carbonyl (C=O) groups excluding carboxylic acids is 2. The Bertz CT molecular complexity index is 1370. The first-order valence-electron chi connectivity index (χ1n) is 10.5. The number of aromatic nitrogens is 3. The molecule has 0 saturated carbocycles. The number of benzene rings is 3. The molecule has 0 radical (unpaired) electrons. The van der Waals surface area contributed by atoms with Crippen LogP contribution < -0.4 is 10.1 Å². The monoisotopic (exact) mass is 490 g/mol. The summed E-state index contributed by atoms with van der Waals surface area (Å²) in [5, 5.41) is 12.3. The Morgan fingerprint density at radius 2 is 1.85 bits per heavy atom. The predicted molar refractivity (Wildman–Crippen MR) is 132 cm³/mol. The third-order valence-electron chi connectivity index (χ3n) is 5.30. The van der Waals surface area contributed by atoms with Crippen molar-refractivity contribution < 1.29 is 14.3 Å². The Morgan fingerprint density at radius 3 is 2.62 bits per heavy atom. The van der Waals surface area contributed by atoms with Gasteiger partial charge in [-0.15, -0.1) is 10.2 Å². The fourth-order valence-corrected chi connectivity index (χ4v) is 4.70. The number of hydrogen-bond acceptors (Lipinski definition) is 6. The lowest BCUT2D eigenvalue weighted by atomic mass is 10.1. The highest BCUT2D eigenvalue weighted by atomic mass is 35.5. The van der Waals surface area contributed by atoms with E-state index in [0.29, 0.717) is 33.0 Å². The normalized spacial score (nSPS) is 13.5. The molecule has 1 N–H and O–H groups in total. The summed E-state index contributed by atoms with van der Waals surface area (Å²) in [7, 11) is 0. The molecular weight excluding hydrogens is 472 g/mol. The van der Waals surface area contributed by atoms with E-state index in [1.807, 2.05) is 54.0 Å². The van der Waals surface area contributed by atoms with Gasteiger partial charge in [0, 0.05) is 21.8 Å². The molecule has 1 aliphatic rings. The van der Waals surface area contributed by atoms with Crippen LogP contribution in [-0.4, -0.2) is 38.3 Å². The molecule has 34 heavy (non-hydrogen) atoms. The average molecular weight is 491 g/mol. The molecule has 7 nitrogen and oxygen atoms in total. The summed E-state index contributed by atoms with van der Waals surface area (Å²) in [6.45, 7) is 1.80. The van der Waals surface area contributed by atoms with Crippen LogP contribution in [-0.2, 0) is 4.79 Å². The number of thioether (sulfide) groups is 1. The standard InChI is InChI=1S/C25H19ClN4O3S/c1-15(23(32)17-9-12-21-20(13-17)27-22(31)14-33-21)34-25-29-28-24(16-7-10-18(26)11-8-16)30(25)19-5-3-2-4-6-19/h2-13,15H,14H2,1H3,(H,27,31). The molecule has 9 heteroatoms. The van der Waals surface area contributed by atoms with E-state index in [0.717, 1.165) is 11.3 Å². The van der Waals surface area contributed by atoms with Gasteiger partial charge in [0.1, 0.15) is 5.75 Å². The topological polar surface area (TPSA) is 86.1 Å². The lowest BCUT2D eigenvalue weighted by molar-refractivity contribution is -0.118. The first-order valence-corrected chi connectivity index (χ1v) is 11.8. The zero-order valence-electron chi connectivity index (χ0n) is 18.1. The minimum absolute atomic E-state index is 0.0301. The molecule has 0 fully saturated rings. The van der Waals surface area contributed by atoms with Crippen LogP contribution in [0.25, 0.3) is 17.1 Å². The quantitative estimate of drug-likeness (QED) is 0.292. The molecule has 170 valence electrons. The Morgan fingerprint density at radius 1 is 1.09 bits per heavy atom. The molecule has 3 aromatic carbocycles. The van der Waals surface area contributed by atoms with E-state index >= 15 is 0 Å². The van der Waals surface area contributed by atoms with Gasteiger partial charge in [-0.05, 0) is 61.5 Å². The number of amides is 1. The lowest BCUT2D eigenvalue weighted by Gasteiger charge is -2.19. The Hall–Kier alpha value is -3.62. The van der Waals surface area contributed by atoms with Crippen LogP contribution in [0.15, 0.2) is 78.0 Å². The summed E-state index contributed by atoms with van der Waals surface area (Å²) < 4.78 is 7.31. The van der Waals surface area contributed by atoms with Crippen LogP contribution in [0.2, 0.25) is 5.02 Å². The third-order valence-corrected chi connectivity index (χ3v) is 6.59. The van der Waals surface area contributed by atoms with Gasteiger partial charge < -0.3 is 10.1 Å². The number of Topliss-reactive ketones (excluding diaryl/α,β-unsaturated/α-hetero) is 1. The van der Waals surface area contributed by atoms with Crippen molar-refractivity contribution in [3.8, 4) is 22.8 Å². The smallest absolute Gasteiger partial charge is 0.262 e. The van der Waals surface area contributed by atoms with Crippen LogP contribution >= 0.6 is 23.4 Å². The molecule has 2 heterocycles. The van der Waals surface area contributed by atoms with Gasteiger partial charge in [0.15, 0.2) is 23.4 Å². The number of rotatable bonds is 6. The van der Waals surface area contributed by atoms with Crippen molar-refractivity contribution in [2.24, 2.45) is 0 Å². The van der Waals surface area contributed by atoms with E-state index in [1.54, 1.807) is 30.3 Å². The summed E-state index contributed by atoms with van der Waals surface area (Å²) in [5.41, 5.74) is 2.72. The summed E-state index contributed by atoms with van der Waals surface area (Å²) in [6, 6.07) is 22.2. The van der Waals surface area contributed by atoms with Gasteiger partial charge in [0.2, 0.25) is 0 Å². The largest absolute Gasteiger partial charge is 0.482 e. The van der Waals surface area contributed by atoms with E-state index in [1.165, 1.54) is 11.8 Å². The number of nitrogens with zero attached hydrogens (tertiary/aromatic N) is 3. The van der Waals surface area contributed by atoms with Crippen LogP contribution in [0.1, 0.15) is 17.3 Å². The highest BCUT2D eigenvalue weighted by molar-refractivity contribution is 8.00. The molecule has 1 amide bonds. The van der Waals surface area contributed by atoms with Crippen molar-refractivity contribution in [3.63, 3.8) is 0 Å². The molecule has 0 aliphatic carbocycles. The molecule has 0 saturated heterocycles. The summed E-state index contributed by atoms with van der Waals surface area (Å²) in [5.74, 6) is 0.861. The van der Waals surface area contributed by atoms with Gasteiger partial charge in [-0.1, -0.05) is 41.6 Å². The summed E-state index contributed by atoms with van der Waals surface area (Å²) in [6.07, 6.45) is 0. The molecule has 1 unspecified atom stereocenters. The zero-order chi connectivity index (χ0) is 23.7. The van der Waals surface area contributed by atoms with Crippen molar-refractivity contribution in [1.82, 2.24) is 14.8 Å². The van der Waals surface area contributed by atoms with Crippen LogP contribution in [0.3, 0.4) is 0 Å². The Kier molecular flexibility index (Phi) is 6.08. The maximum absolute atomic E-state index is 13.2. The molecule has 0 bridgehead atoms. The third kappa shape index (κ3) is 4.42. The van der Waals surface area contributed by atoms with E-state index in [4.69, 9.17) is 16.3 Å². The number of fused-ring (bicyclic) bond motifs is 1. The highest BCUT2D eigenvalue weighted by Gasteiger charge is 2.24. The van der Waals surface area contributed by atoms with Gasteiger partial charge in [0.25, 0.3) is 5.91 Å². The van der Waals surface area contributed by atoms with E-state index < -0.39 is 5.25 Å². The number of anilines is 1. The van der Waals surface area contributed by atoms with E-state index in [-0.39, 0.29) is 18.3 Å². The predicted octanol–water partition coefficient (Wildman–Crippen LogP) is 5.28. The van der Waals surface area contributed by atoms with Gasteiger partial charge in [-0.3, -0.25) is 14.2 Å². The second kappa shape index (κ2) is 9.32. The van der Waals surface area contributed by atoms with Gasteiger partial charge in [0.05, 0.1) is 10.9 Å². The minimum atomic E-state index is -0.456. The average Bonchev–Trinajstić information content (AvgIpc) is 3.27. The molecule has 5 rings (SSSR count). The van der Waals surface area contributed by atoms with Crippen molar-refractivity contribution in [2.75, 3.05) is 11.9 Å². The second-order valence-corrected chi connectivity index (χ2v) is 9.40. The number of para-hydroxylation sites is 1. The molecule has 1 aromatic heterocycles. The van der Waals surface area contributed by atoms with Crippen molar-refractivity contribution in [3.05, 3.63) is 83.4 Å². The van der Waals surface area contributed by atoms with Crippen LogP contribution in [0, 0.1) is 0 Å². The van der Waals surface area contributed by atoms with Gasteiger partial charge in [-0.2, -0.15) is 0 Å². The van der Waals surface area contributed by atoms with Crippen LogP contribution in [0.5, 0.6) is 5.75 Å². The maximum Gasteiger partial charge on any atom is 0.262 e. The molecule has 1 atom stereocenters. The zero-order valence-corrected chi connectivity index (χ0v) is 19.6. The highest BCUT2D eigenvalue weighted by Crippen LogP contribution is 2.33. The van der Waals surface area contributed by atoms with E-state index in [2.05, 4.69) is 15.5 Å². The van der Waals surface area contributed by atoms with Crippen molar-refractivity contribution >= 4 is 40.7 Å². The summed E-state index contributed by atoms with van der Waals surface area (Å²) >= 11 is 7.38. The van der Waals surface area contributed by atoms with E-state index in [9.17, 15) is 9.59 Å². The lowest BCUT2D eigenvalue weighted by Crippen LogP contribution is -2.25. The van der Waals surface area contributed by atoms with Gasteiger partial charge in [-0.25, -0.2) is 0 Å². The fourth-order valence-electron chi connectivity index (χ4n) is 3.62. The first kappa shape index (κ1) is 22.2. The van der Waals surface area contributed by atoms with Crippen LogP contribution in [0.4, 0.5) is 5.69 Å². The number of halogens is 1. The number of nitrogens with one attached hydrogen (secondary N) is 1. The minimum Gasteiger partial charge on any atom is -0.482 e. The first-order chi connectivity index (χ1) is 16.5. The molecule has 1 aliphatic heterocycles. The van der Waals surface area contributed by atoms with Gasteiger partial charge >= 0.3 is 0 Å².